The Hall–Kier alpha value is -0.960. The van der Waals surface area contributed by atoms with E-state index in [9.17, 15) is 0 Å². The summed E-state index contributed by atoms with van der Waals surface area (Å²) in [6.07, 6.45) is 3.47. The minimum Gasteiger partial charge on any atom is -0.486 e. The van der Waals surface area contributed by atoms with Gasteiger partial charge >= 0.3 is 0 Å². The molecule has 0 fully saturated rings. The molecule has 0 aromatic carbocycles. The Balaban J connectivity index is 2.96. The van der Waals surface area contributed by atoms with Crippen LogP contribution in [-0.4, -0.2) is 17.1 Å². The molecule has 0 aliphatic carbocycles. The molecule has 1 aromatic rings. The topological polar surface area (TPSA) is 22.1 Å². The lowest BCUT2D eigenvalue weighted by molar-refractivity contribution is 0.416. The highest BCUT2D eigenvalue weighted by Gasteiger charge is 1.99. The predicted octanol–water partition coefficient (Wildman–Crippen LogP) is 1.71. The van der Waals surface area contributed by atoms with E-state index >= 15 is 0 Å². The van der Waals surface area contributed by atoms with Gasteiger partial charge in [-0.05, 0) is 30.8 Å². The second-order valence-electron chi connectivity index (χ2n) is 2.24. The van der Waals surface area contributed by atoms with Crippen LogP contribution in [0.25, 0.3) is 0 Å². The van der Waals surface area contributed by atoms with Crippen molar-refractivity contribution in [3.8, 4) is 0 Å². The van der Waals surface area contributed by atoms with Crippen LogP contribution in [0.3, 0.4) is 0 Å². The third kappa shape index (κ3) is 1.98. The summed E-state index contributed by atoms with van der Waals surface area (Å²) in [6, 6.07) is 1.94. The van der Waals surface area contributed by atoms with Crippen LogP contribution in [0.2, 0.25) is 0 Å². The molecule has 0 unspecified atom stereocenters. The van der Waals surface area contributed by atoms with Gasteiger partial charge in [0.15, 0.2) is 5.05 Å². The van der Waals surface area contributed by atoms with Crippen molar-refractivity contribution >= 4 is 17.3 Å². The molecule has 0 atom stereocenters. The van der Waals surface area contributed by atoms with Crippen molar-refractivity contribution in [2.75, 3.05) is 7.11 Å². The summed E-state index contributed by atoms with van der Waals surface area (Å²) in [5.74, 6) is 0. The van der Waals surface area contributed by atoms with Crippen molar-refractivity contribution in [2.45, 2.75) is 6.92 Å². The van der Waals surface area contributed by atoms with Crippen molar-refractivity contribution in [3.05, 3.63) is 29.6 Å². The lowest BCUT2D eigenvalue weighted by atomic mass is 10.2. The van der Waals surface area contributed by atoms with E-state index in [-0.39, 0.29) is 0 Å². The highest BCUT2D eigenvalue weighted by Crippen LogP contribution is 2.03. The first kappa shape index (κ1) is 8.14. The molecule has 0 N–H and O–H groups in total. The molecule has 0 radical (unpaired) electrons. The van der Waals surface area contributed by atoms with Crippen LogP contribution in [0.5, 0.6) is 0 Å². The first-order chi connectivity index (χ1) is 5.24. The molecule has 0 spiro atoms. The predicted molar refractivity (Wildman–Crippen MR) is 47.7 cm³/mol. The fourth-order valence-corrected chi connectivity index (χ4v) is 0.896. The molecule has 1 aromatic heterocycles. The van der Waals surface area contributed by atoms with E-state index < -0.39 is 0 Å². The molecule has 1 heterocycles. The number of aromatic nitrogens is 1. The summed E-state index contributed by atoms with van der Waals surface area (Å²) < 4.78 is 4.88. The highest BCUT2D eigenvalue weighted by atomic mass is 32.1. The van der Waals surface area contributed by atoms with Crippen LogP contribution < -0.4 is 0 Å². The van der Waals surface area contributed by atoms with Gasteiger partial charge in [0.05, 0.1) is 7.11 Å². The van der Waals surface area contributed by atoms with Gasteiger partial charge in [0.1, 0.15) is 0 Å². The first-order valence-electron chi connectivity index (χ1n) is 3.24. The maximum Gasteiger partial charge on any atom is 0.192 e. The lowest BCUT2D eigenvalue weighted by Crippen LogP contribution is -1.99. The van der Waals surface area contributed by atoms with Gasteiger partial charge in [0.2, 0.25) is 0 Å². The van der Waals surface area contributed by atoms with Gasteiger partial charge < -0.3 is 4.74 Å². The molecule has 1 rings (SSSR count). The SMILES string of the molecule is COC(=S)c1cncc(C)c1. The summed E-state index contributed by atoms with van der Waals surface area (Å²) in [6.45, 7) is 1.97. The Kier molecular flexibility index (Phi) is 2.54. The van der Waals surface area contributed by atoms with Gasteiger partial charge in [-0.1, -0.05) is 0 Å². The van der Waals surface area contributed by atoms with Gasteiger partial charge in [-0.3, -0.25) is 4.98 Å². The number of rotatable bonds is 1. The van der Waals surface area contributed by atoms with E-state index in [4.69, 9.17) is 17.0 Å². The summed E-state index contributed by atoms with van der Waals surface area (Å²) in [5, 5.41) is 0.487. The Morgan fingerprint density at radius 2 is 2.27 bits per heavy atom. The second kappa shape index (κ2) is 3.44. The van der Waals surface area contributed by atoms with Gasteiger partial charge in [-0.2, -0.15) is 0 Å². The molecule has 0 saturated carbocycles. The monoisotopic (exact) mass is 167 g/mol. The number of hydrogen-bond acceptors (Lipinski definition) is 3. The third-order valence-corrected chi connectivity index (χ3v) is 1.70. The molecule has 0 bridgehead atoms. The molecule has 2 nitrogen and oxygen atoms in total. The number of thiocarbonyl (C=S) groups is 1. The Labute approximate surface area is 71.2 Å². The van der Waals surface area contributed by atoms with Gasteiger partial charge in [-0.25, -0.2) is 0 Å². The number of methoxy groups -OCH3 is 1. The number of nitrogens with zero attached hydrogens (tertiary/aromatic N) is 1. The Morgan fingerprint density at radius 1 is 1.55 bits per heavy atom. The average molecular weight is 167 g/mol. The zero-order chi connectivity index (χ0) is 8.27. The molecule has 11 heavy (non-hydrogen) atoms. The van der Waals surface area contributed by atoms with E-state index in [1.165, 1.54) is 0 Å². The molecule has 0 aliphatic heterocycles. The zero-order valence-electron chi connectivity index (χ0n) is 6.50. The molecule has 3 heteroatoms. The van der Waals surface area contributed by atoms with Crippen molar-refractivity contribution in [3.63, 3.8) is 0 Å². The van der Waals surface area contributed by atoms with Crippen LogP contribution in [0.1, 0.15) is 11.1 Å². The fraction of sp³-hybridized carbons (Fsp3) is 0.250. The second-order valence-corrected chi connectivity index (χ2v) is 2.61. The molecule has 58 valence electrons. The van der Waals surface area contributed by atoms with Crippen molar-refractivity contribution < 1.29 is 4.74 Å². The van der Waals surface area contributed by atoms with Crippen molar-refractivity contribution in [1.82, 2.24) is 4.98 Å². The highest BCUT2D eigenvalue weighted by molar-refractivity contribution is 7.80. The van der Waals surface area contributed by atoms with Crippen LogP contribution in [0, 0.1) is 6.92 Å². The van der Waals surface area contributed by atoms with Gasteiger partial charge in [0, 0.05) is 18.0 Å². The average Bonchev–Trinajstić information content (AvgIpc) is 2.03. The maximum absolute atomic E-state index is 4.92. The standard InChI is InChI=1S/C8H9NOS/c1-6-3-7(5-9-4-6)8(11)10-2/h3-5H,1-2H3. The van der Waals surface area contributed by atoms with Gasteiger partial charge in [0.25, 0.3) is 0 Å². The summed E-state index contributed by atoms with van der Waals surface area (Å²) in [4.78, 5) is 3.99. The van der Waals surface area contributed by atoms with Crippen LogP contribution in [0.4, 0.5) is 0 Å². The molecular weight excluding hydrogens is 158 g/mol. The van der Waals surface area contributed by atoms with E-state index in [1.807, 2.05) is 13.0 Å². The van der Waals surface area contributed by atoms with E-state index in [0.29, 0.717) is 5.05 Å². The van der Waals surface area contributed by atoms with Gasteiger partial charge in [-0.15, -0.1) is 0 Å². The third-order valence-electron chi connectivity index (χ3n) is 1.30. The van der Waals surface area contributed by atoms with Crippen LogP contribution in [0.15, 0.2) is 18.5 Å². The normalized spacial score (nSPS) is 9.27. The molecule has 0 saturated heterocycles. The van der Waals surface area contributed by atoms with E-state index in [2.05, 4.69) is 4.98 Å². The van der Waals surface area contributed by atoms with Crippen molar-refractivity contribution in [1.29, 1.82) is 0 Å². The number of hydrogen-bond donors (Lipinski definition) is 0. The minimum atomic E-state index is 0.487. The maximum atomic E-state index is 4.92. The van der Waals surface area contributed by atoms with Crippen molar-refractivity contribution in [2.24, 2.45) is 0 Å². The zero-order valence-corrected chi connectivity index (χ0v) is 7.31. The number of ether oxygens (including phenoxy) is 1. The quantitative estimate of drug-likeness (QED) is 0.594. The summed E-state index contributed by atoms with van der Waals surface area (Å²) in [7, 11) is 1.56. The lowest BCUT2D eigenvalue weighted by Gasteiger charge is -2.01. The molecule has 0 aliphatic rings. The van der Waals surface area contributed by atoms with Crippen LogP contribution in [-0.2, 0) is 4.74 Å². The number of pyridine rings is 1. The minimum absolute atomic E-state index is 0.487. The number of aryl methyl sites for hydroxylation is 1. The van der Waals surface area contributed by atoms with Crippen LogP contribution >= 0.6 is 12.2 Å². The fourth-order valence-electron chi connectivity index (χ4n) is 0.784. The Morgan fingerprint density at radius 3 is 2.82 bits per heavy atom. The van der Waals surface area contributed by atoms with E-state index in [0.717, 1.165) is 11.1 Å². The molecule has 0 amide bonds. The summed E-state index contributed by atoms with van der Waals surface area (Å²) in [5.41, 5.74) is 1.95. The Bertz CT molecular complexity index is 273. The van der Waals surface area contributed by atoms with E-state index in [1.54, 1.807) is 19.5 Å². The largest absolute Gasteiger partial charge is 0.486 e. The molecular formula is C8H9NOS. The smallest absolute Gasteiger partial charge is 0.192 e. The summed E-state index contributed by atoms with van der Waals surface area (Å²) >= 11 is 4.92. The first-order valence-corrected chi connectivity index (χ1v) is 3.65.